The number of hydrogen-bond donors (Lipinski definition) is 6. The van der Waals surface area contributed by atoms with Crippen molar-refractivity contribution in [3.05, 3.63) is 58.7 Å². The summed E-state index contributed by atoms with van der Waals surface area (Å²) >= 11 is 0. The topological polar surface area (TPSA) is 214 Å². The van der Waals surface area contributed by atoms with Gasteiger partial charge in [-0.15, -0.1) is 0 Å². The standard InChI is InChI=1S/2C14H18N2O5.Tc/c2*1-9-4-3-5-10(2)14(9)15-11(17)6-16(7-12(18)19)8-13(20)21;/h2*3-5H,6-8H2,1-2H3,(H,15,17)(H,18,19)(H,20,21);/i;;1+1. The van der Waals surface area contributed by atoms with E-state index in [-0.39, 0.29) is 33.2 Å². The minimum Gasteiger partial charge on any atom is -0.480 e. The van der Waals surface area contributed by atoms with Crippen molar-refractivity contribution in [3.63, 3.8) is 0 Å². The molecule has 0 spiro atoms. The number of nitrogens with one attached hydrogen (secondary N) is 2. The Hall–Kier alpha value is -4.17. The third-order valence-electron chi connectivity index (χ3n) is 5.66. The summed E-state index contributed by atoms with van der Waals surface area (Å²) in [5.74, 6) is -5.63. The molecule has 43 heavy (non-hydrogen) atoms. The van der Waals surface area contributed by atoms with E-state index in [0.717, 1.165) is 32.1 Å². The van der Waals surface area contributed by atoms with E-state index in [1.165, 1.54) is 0 Å². The summed E-state index contributed by atoms with van der Waals surface area (Å²) in [6.07, 6.45) is 0. The van der Waals surface area contributed by atoms with Crippen molar-refractivity contribution in [1.29, 1.82) is 0 Å². The fourth-order valence-corrected chi connectivity index (χ4v) is 3.89. The van der Waals surface area contributed by atoms with Crippen LogP contribution in [0.15, 0.2) is 36.4 Å². The van der Waals surface area contributed by atoms with Gasteiger partial charge in [0, 0.05) is 31.5 Å². The van der Waals surface area contributed by atoms with E-state index in [9.17, 15) is 28.8 Å². The van der Waals surface area contributed by atoms with Gasteiger partial charge in [0.1, 0.15) is 0 Å². The average molecular weight is 688 g/mol. The second-order valence-electron chi connectivity index (χ2n) is 9.50. The van der Waals surface area contributed by atoms with E-state index >= 15 is 0 Å². The number of carboxylic acid groups (broad SMARTS) is 4. The average Bonchev–Trinajstić information content (AvgIpc) is 2.82. The molecular formula is C28H36N4O10Tc. The molecule has 14 nitrogen and oxygen atoms in total. The quantitative estimate of drug-likeness (QED) is 0.166. The van der Waals surface area contributed by atoms with Gasteiger partial charge in [0.25, 0.3) is 0 Å². The van der Waals surface area contributed by atoms with Gasteiger partial charge in [-0.2, -0.15) is 0 Å². The maximum absolute atomic E-state index is 12.0. The molecule has 0 bridgehead atoms. The fourth-order valence-electron chi connectivity index (χ4n) is 3.89. The molecule has 0 aliphatic carbocycles. The Balaban J connectivity index is 0.000000802. The molecule has 0 fully saturated rings. The maximum Gasteiger partial charge on any atom is 0.317 e. The number of benzene rings is 2. The zero-order valence-corrected chi connectivity index (χ0v) is 26.1. The molecule has 0 unspecified atom stereocenters. The number of nitrogens with zero attached hydrogens (tertiary/aromatic N) is 2. The first-order valence-corrected chi connectivity index (χ1v) is 12.6. The van der Waals surface area contributed by atoms with Crippen LogP contribution in [0, 0.1) is 27.7 Å². The molecule has 0 aromatic heterocycles. The van der Waals surface area contributed by atoms with Gasteiger partial charge < -0.3 is 31.1 Å². The third-order valence-corrected chi connectivity index (χ3v) is 5.66. The van der Waals surface area contributed by atoms with Crippen LogP contribution in [0.1, 0.15) is 22.3 Å². The number of para-hydroxylation sites is 2. The Bertz CT molecular complexity index is 1150. The van der Waals surface area contributed by atoms with Crippen molar-refractivity contribution in [1.82, 2.24) is 9.80 Å². The van der Waals surface area contributed by atoms with Crippen LogP contribution in [-0.2, 0) is 48.9 Å². The first kappa shape index (κ1) is 38.8. The van der Waals surface area contributed by atoms with Crippen LogP contribution in [0.5, 0.6) is 0 Å². The molecule has 1 radical (unpaired) electrons. The second-order valence-corrected chi connectivity index (χ2v) is 9.50. The predicted molar refractivity (Wildman–Crippen MR) is 153 cm³/mol. The van der Waals surface area contributed by atoms with E-state index < -0.39 is 61.9 Å². The number of rotatable bonds is 14. The summed E-state index contributed by atoms with van der Waals surface area (Å²) in [7, 11) is 0. The Kier molecular flexibility index (Phi) is 17.2. The Morgan fingerprint density at radius 3 is 0.953 bits per heavy atom. The SMILES string of the molecule is Cc1cccc(C)c1NC(=O)CN(CC(=O)O)CC(=O)O.Cc1cccc(C)c1NC(=O)CN(CC(=O)O)CC(=O)O.[99Tc]. The summed E-state index contributed by atoms with van der Waals surface area (Å²) in [5, 5.41) is 40.3. The van der Waals surface area contributed by atoms with Gasteiger partial charge in [-0.25, -0.2) is 0 Å². The van der Waals surface area contributed by atoms with Crippen molar-refractivity contribution < 1.29 is 69.3 Å². The molecule has 2 rings (SSSR count). The molecule has 0 aliphatic rings. The monoisotopic (exact) mass is 687 g/mol. The minimum atomic E-state index is -1.18. The number of aliphatic carboxylic acids is 4. The first-order valence-electron chi connectivity index (χ1n) is 12.6. The number of amides is 2. The zero-order valence-electron chi connectivity index (χ0n) is 24.2. The number of aryl methyl sites for hydroxylation is 4. The van der Waals surface area contributed by atoms with Gasteiger partial charge in [0.15, 0.2) is 0 Å². The van der Waals surface area contributed by atoms with E-state index in [0.29, 0.717) is 11.4 Å². The van der Waals surface area contributed by atoms with Gasteiger partial charge in [-0.3, -0.25) is 38.6 Å². The number of carboxylic acids is 4. The summed E-state index contributed by atoms with van der Waals surface area (Å²) in [4.78, 5) is 68.7. The van der Waals surface area contributed by atoms with Crippen molar-refractivity contribution in [2.45, 2.75) is 27.7 Å². The smallest absolute Gasteiger partial charge is 0.317 e. The van der Waals surface area contributed by atoms with Crippen molar-refractivity contribution in [2.75, 3.05) is 49.9 Å². The predicted octanol–water partition coefficient (Wildman–Crippen LogP) is 1.42. The van der Waals surface area contributed by atoms with Gasteiger partial charge in [-0.1, -0.05) is 36.4 Å². The van der Waals surface area contributed by atoms with Gasteiger partial charge in [-0.05, 0) is 49.9 Å². The molecule has 0 aliphatic heterocycles. The Morgan fingerprint density at radius 1 is 0.512 bits per heavy atom. The van der Waals surface area contributed by atoms with E-state index in [2.05, 4.69) is 10.6 Å². The second kappa shape index (κ2) is 19.1. The van der Waals surface area contributed by atoms with E-state index in [4.69, 9.17) is 20.4 Å². The summed E-state index contributed by atoms with van der Waals surface area (Å²) in [6, 6.07) is 11.1. The van der Waals surface area contributed by atoms with Crippen LogP contribution >= 0.6 is 0 Å². The molecule has 0 saturated carbocycles. The molecule has 235 valence electrons. The normalized spacial score (nSPS) is 10.2. The number of carbonyl (C=O) groups is 6. The molecule has 0 saturated heterocycles. The van der Waals surface area contributed by atoms with Crippen molar-refractivity contribution in [2.24, 2.45) is 0 Å². The molecule has 2 aromatic rings. The fraction of sp³-hybridized carbons (Fsp3) is 0.357. The Morgan fingerprint density at radius 2 is 0.744 bits per heavy atom. The van der Waals surface area contributed by atoms with E-state index in [1.807, 2.05) is 64.1 Å². The third kappa shape index (κ3) is 15.6. The van der Waals surface area contributed by atoms with Crippen LogP contribution in [-0.4, -0.2) is 105 Å². The molecular weight excluding hydrogens is 651 g/mol. The van der Waals surface area contributed by atoms with Gasteiger partial charge >= 0.3 is 23.9 Å². The number of hydrogen-bond acceptors (Lipinski definition) is 8. The van der Waals surface area contributed by atoms with Crippen molar-refractivity contribution in [3.8, 4) is 0 Å². The van der Waals surface area contributed by atoms with Crippen LogP contribution in [0.3, 0.4) is 0 Å². The van der Waals surface area contributed by atoms with Crippen LogP contribution in [0.25, 0.3) is 0 Å². The molecule has 2 aromatic carbocycles. The van der Waals surface area contributed by atoms with Crippen LogP contribution in [0.4, 0.5) is 11.4 Å². The van der Waals surface area contributed by atoms with Crippen LogP contribution in [0.2, 0.25) is 0 Å². The number of anilines is 2. The molecule has 0 heterocycles. The number of carbonyl (C=O) groups excluding carboxylic acids is 2. The molecule has 15 heteroatoms. The maximum atomic E-state index is 12.0. The summed E-state index contributed by atoms with van der Waals surface area (Å²) < 4.78 is 0. The van der Waals surface area contributed by atoms with Crippen LogP contribution < -0.4 is 10.6 Å². The zero-order chi connectivity index (χ0) is 32.0. The minimum absolute atomic E-state index is 0. The summed E-state index contributed by atoms with van der Waals surface area (Å²) in [6.45, 7) is 4.74. The molecule has 6 N–H and O–H groups in total. The summed E-state index contributed by atoms with van der Waals surface area (Å²) in [5.41, 5.74) is 4.84. The van der Waals surface area contributed by atoms with Crippen molar-refractivity contribution >= 4 is 47.1 Å². The van der Waals surface area contributed by atoms with Gasteiger partial charge in [0.2, 0.25) is 11.8 Å². The first-order chi connectivity index (χ1) is 19.6. The molecule has 0 atom stereocenters. The molecule has 2 amide bonds. The Labute approximate surface area is 262 Å². The largest absolute Gasteiger partial charge is 0.480 e. The van der Waals surface area contributed by atoms with Gasteiger partial charge in [0.05, 0.1) is 39.3 Å². The van der Waals surface area contributed by atoms with E-state index in [1.54, 1.807) is 0 Å².